The van der Waals surface area contributed by atoms with Crippen LogP contribution in [0.1, 0.15) is 21.5 Å². The number of carbonyl (C=O) groups excluding carboxylic acids is 1. The molecule has 0 unspecified atom stereocenters. The molecule has 1 aliphatic heterocycles. The number of nitrogens with one attached hydrogen (secondary N) is 2. The van der Waals surface area contributed by atoms with Crippen LogP contribution in [-0.2, 0) is 13.1 Å². The molecule has 1 aliphatic rings. The largest absolute Gasteiger partial charge is 0.364 e. The van der Waals surface area contributed by atoms with Gasteiger partial charge in [0.1, 0.15) is 0 Å². The van der Waals surface area contributed by atoms with Gasteiger partial charge in [-0.1, -0.05) is 36.4 Å². The summed E-state index contributed by atoms with van der Waals surface area (Å²) in [5, 5.41) is 6.65. The molecular weight excluding hydrogens is 489 g/mol. The van der Waals surface area contributed by atoms with Crippen molar-refractivity contribution in [2.24, 2.45) is 4.99 Å². The molecule has 30 heavy (non-hydrogen) atoms. The number of aliphatic imine (C=N–C) groups is 1. The van der Waals surface area contributed by atoms with Crippen molar-refractivity contribution in [2.45, 2.75) is 13.1 Å². The Morgan fingerprint density at radius 1 is 0.933 bits per heavy atom. The van der Waals surface area contributed by atoms with E-state index in [1.165, 1.54) is 11.3 Å². The van der Waals surface area contributed by atoms with Crippen molar-refractivity contribution in [2.75, 3.05) is 39.1 Å². The molecule has 3 rings (SSSR count). The van der Waals surface area contributed by atoms with Crippen LogP contribution in [0.3, 0.4) is 0 Å². The van der Waals surface area contributed by atoms with Gasteiger partial charge < -0.3 is 20.4 Å². The first-order chi connectivity index (χ1) is 14.1. The van der Waals surface area contributed by atoms with Crippen molar-refractivity contribution < 1.29 is 4.79 Å². The first-order valence-corrected chi connectivity index (χ1v) is 9.81. The van der Waals surface area contributed by atoms with Crippen molar-refractivity contribution in [1.82, 2.24) is 15.5 Å². The Kier molecular flexibility index (Phi) is 9.16. The fourth-order valence-electron chi connectivity index (χ4n) is 3.13. The Morgan fingerprint density at radius 2 is 1.43 bits per heavy atom. The molecule has 0 aliphatic carbocycles. The van der Waals surface area contributed by atoms with Gasteiger partial charge in [-0.15, -0.1) is 24.0 Å². The number of guanidine groups is 1. The summed E-state index contributed by atoms with van der Waals surface area (Å²) >= 11 is 0. The van der Waals surface area contributed by atoms with Crippen LogP contribution in [0.5, 0.6) is 0 Å². The van der Waals surface area contributed by atoms with Gasteiger partial charge >= 0.3 is 0 Å². The third-order valence-electron chi connectivity index (χ3n) is 4.87. The number of amides is 1. The number of benzene rings is 2. The minimum atomic E-state index is 0. The summed E-state index contributed by atoms with van der Waals surface area (Å²) in [6.07, 6.45) is 4.39. The smallest absolute Gasteiger partial charge is 0.253 e. The topological polar surface area (TPSA) is 60.0 Å². The zero-order chi connectivity index (χ0) is 20.6. The maximum atomic E-state index is 12.0. The zero-order valence-electron chi connectivity index (χ0n) is 17.8. The van der Waals surface area contributed by atoms with Crippen LogP contribution in [0.4, 0.5) is 5.69 Å². The molecule has 2 aromatic rings. The van der Waals surface area contributed by atoms with Gasteiger partial charge in [0, 0.05) is 58.6 Å². The number of hydrogen-bond acceptors (Lipinski definition) is 3. The number of carbonyl (C=O) groups is 1. The van der Waals surface area contributed by atoms with Gasteiger partial charge in [-0.05, 0) is 35.4 Å². The third kappa shape index (κ3) is 6.48. The first-order valence-electron chi connectivity index (χ1n) is 9.81. The van der Waals surface area contributed by atoms with E-state index in [0.717, 1.165) is 24.6 Å². The van der Waals surface area contributed by atoms with Crippen molar-refractivity contribution in [3.63, 3.8) is 0 Å². The summed E-state index contributed by atoms with van der Waals surface area (Å²) in [7, 11) is 5.27. The SMILES string of the molecule is CN=C(NCc1ccc(C(=O)N(C)C)cc1)NCc1ccc(N2CC=CC2)cc1.I. The lowest BCUT2D eigenvalue weighted by molar-refractivity contribution is 0.0827. The van der Waals surface area contributed by atoms with Crippen LogP contribution in [0.25, 0.3) is 0 Å². The number of hydrogen-bond donors (Lipinski definition) is 2. The number of nitrogens with zero attached hydrogens (tertiary/aromatic N) is 3. The molecule has 7 heteroatoms. The van der Waals surface area contributed by atoms with Crippen LogP contribution >= 0.6 is 24.0 Å². The Balaban J connectivity index is 0.00000320. The molecule has 0 saturated carbocycles. The molecule has 0 spiro atoms. The van der Waals surface area contributed by atoms with Crippen LogP contribution in [-0.4, -0.2) is 51.0 Å². The van der Waals surface area contributed by atoms with Crippen LogP contribution in [0.2, 0.25) is 0 Å². The van der Waals surface area contributed by atoms with E-state index in [-0.39, 0.29) is 29.9 Å². The molecule has 0 atom stereocenters. The number of anilines is 1. The van der Waals surface area contributed by atoms with Crippen LogP contribution in [0, 0.1) is 0 Å². The lowest BCUT2D eigenvalue weighted by atomic mass is 10.1. The normalized spacial score (nSPS) is 13.0. The lowest BCUT2D eigenvalue weighted by Gasteiger charge is -2.18. The second kappa shape index (κ2) is 11.6. The minimum absolute atomic E-state index is 0. The molecule has 2 aromatic carbocycles. The van der Waals surface area contributed by atoms with E-state index in [4.69, 9.17) is 0 Å². The molecule has 0 aromatic heterocycles. The Bertz CT molecular complexity index is 867. The van der Waals surface area contributed by atoms with E-state index >= 15 is 0 Å². The summed E-state index contributed by atoms with van der Waals surface area (Å²) < 4.78 is 0. The quantitative estimate of drug-likeness (QED) is 0.266. The van der Waals surface area contributed by atoms with Gasteiger partial charge in [-0.2, -0.15) is 0 Å². The molecule has 0 bridgehead atoms. The van der Waals surface area contributed by atoms with Gasteiger partial charge in [0.15, 0.2) is 5.96 Å². The van der Waals surface area contributed by atoms with Crippen LogP contribution in [0.15, 0.2) is 65.7 Å². The fraction of sp³-hybridized carbons (Fsp3) is 0.304. The maximum absolute atomic E-state index is 12.0. The van der Waals surface area contributed by atoms with E-state index in [1.807, 2.05) is 24.3 Å². The van der Waals surface area contributed by atoms with E-state index in [9.17, 15) is 4.79 Å². The molecular formula is C23H30IN5O. The van der Waals surface area contributed by atoms with Crippen molar-refractivity contribution in [3.05, 3.63) is 77.4 Å². The molecule has 0 radical (unpaired) electrons. The Hall–Kier alpha value is -2.55. The highest BCUT2D eigenvalue weighted by atomic mass is 127. The van der Waals surface area contributed by atoms with E-state index < -0.39 is 0 Å². The second-order valence-electron chi connectivity index (χ2n) is 7.22. The van der Waals surface area contributed by atoms with Crippen molar-refractivity contribution in [3.8, 4) is 0 Å². The summed E-state index contributed by atoms with van der Waals surface area (Å²) in [6.45, 7) is 3.31. The van der Waals surface area contributed by atoms with Gasteiger partial charge in [0.25, 0.3) is 5.91 Å². The van der Waals surface area contributed by atoms with Gasteiger partial charge in [-0.3, -0.25) is 9.79 Å². The number of rotatable bonds is 6. The van der Waals surface area contributed by atoms with E-state index in [0.29, 0.717) is 18.7 Å². The maximum Gasteiger partial charge on any atom is 0.253 e. The predicted octanol–water partition coefficient (Wildman–Crippen LogP) is 3.25. The third-order valence-corrected chi connectivity index (χ3v) is 4.87. The highest BCUT2D eigenvalue weighted by Gasteiger charge is 2.08. The summed E-state index contributed by atoms with van der Waals surface area (Å²) in [5.41, 5.74) is 4.23. The highest BCUT2D eigenvalue weighted by molar-refractivity contribution is 14.0. The average Bonchev–Trinajstić information content (AvgIpc) is 3.29. The van der Waals surface area contributed by atoms with Gasteiger partial charge in [-0.25, -0.2) is 0 Å². The van der Waals surface area contributed by atoms with Gasteiger partial charge in [0.2, 0.25) is 0 Å². The first kappa shape index (κ1) is 23.7. The standard InChI is InChI=1S/C23H29N5O.HI/c1-24-23(25-16-18-6-10-20(11-7-18)22(29)27(2)3)26-17-19-8-12-21(13-9-19)28-14-4-5-15-28;/h4-13H,14-17H2,1-3H3,(H2,24,25,26);1H. The van der Waals surface area contributed by atoms with E-state index in [2.05, 4.69) is 56.9 Å². The molecule has 160 valence electrons. The molecule has 0 saturated heterocycles. The van der Waals surface area contributed by atoms with E-state index in [1.54, 1.807) is 26.0 Å². The summed E-state index contributed by atoms with van der Waals surface area (Å²) in [6, 6.07) is 16.3. The number of halogens is 1. The summed E-state index contributed by atoms with van der Waals surface area (Å²) in [5.74, 6) is 0.750. The zero-order valence-corrected chi connectivity index (χ0v) is 20.1. The lowest BCUT2D eigenvalue weighted by Crippen LogP contribution is -2.36. The van der Waals surface area contributed by atoms with Crippen LogP contribution < -0.4 is 15.5 Å². The van der Waals surface area contributed by atoms with Crippen molar-refractivity contribution >= 4 is 41.5 Å². The fourth-order valence-corrected chi connectivity index (χ4v) is 3.13. The Labute approximate surface area is 196 Å². The summed E-state index contributed by atoms with van der Waals surface area (Å²) in [4.78, 5) is 20.1. The second-order valence-corrected chi connectivity index (χ2v) is 7.22. The molecule has 1 amide bonds. The average molecular weight is 519 g/mol. The molecule has 1 heterocycles. The Morgan fingerprint density at radius 3 is 1.90 bits per heavy atom. The molecule has 6 nitrogen and oxygen atoms in total. The predicted molar refractivity (Wildman–Crippen MR) is 135 cm³/mol. The van der Waals surface area contributed by atoms with Gasteiger partial charge in [0.05, 0.1) is 0 Å². The monoisotopic (exact) mass is 519 g/mol. The molecule has 0 fully saturated rings. The van der Waals surface area contributed by atoms with Crippen molar-refractivity contribution in [1.29, 1.82) is 0 Å². The molecule has 2 N–H and O–H groups in total. The highest BCUT2D eigenvalue weighted by Crippen LogP contribution is 2.17. The minimum Gasteiger partial charge on any atom is -0.364 e.